The first kappa shape index (κ1) is 25.4. The van der Waals surface area contributed by atoms with Crippen LogP contribution in [-0.2, 0) is 6.42 Å². The van der Waals surface area contributed by atoms with Crippen molar-refractivity contribution >= 4 is 39.8 Å². The van der Waals surface area contributed by atoms with Gasteiger partial charge in [0.25, 0.3) is 5.56 Å². The Morgan fingerprint density at radius 2 is 1.91 bits per heavy atom. The first-order valence-electron chi connectivity index (χ1n) is 10.8. The van der Waals surface area contributed by atoms with Gasteiger partial charge < -0.3 is 15.9 Å². The number of oxazole rings is 1. The average Bonchev–Trinajstić information content (AvgIpc) is 3.24. The normalized spacial score (nSPS) is 11.1. The van der Waals surface area contributed by atoms with Crippen LogP contribution < -0.4 is 17.0 Å². The summed E-state index contributed by atoms with van der Waals surface area (Å²) in [7, 11) is 0. The van der Waals surface area contributed by atoms with Crippen molar-refractivity contribution in [2.45, 2.75) is 26.7 Å². The van der Waals surface area contributed by atoms with Crippen molar-refractivity contribution in [3.05, 3.63) is 89.1 Å². The molecule has 180 valence electrons. The number of aromatic nitrogens is 5. The molecule has 35 heavy (non-hydrogen) atoms. The number of nitrogen functional groups attached to an aromatic ring is 2. The van der Waals surface area contributed by atoms with Gasteiger partial charge in [-0.2, -0.15) is 0 Å². The predicted molar refractivity (Wildman–Crippen MR) is 141 cm³/mol. The molecule has 0 amide bonds. The SMILES string of the molecule is C=C/C=C(\C=C)n1c(CCC)nc2cccc(Cl)c2c1=O.Cc1cnc(-c2c(N)ncnc2N)o1. The Labute approximate surface area is 207 Å². The largest absolute Gasteiger partial charge is 0.441 e. The maximum atomic E-state index is 12.8. The lowest BCUT2D eigenvalue weighted by molar-refractivity contribution is 0.542. The lowest BCUT2D eigenvalue weighted by Gasteiger charge is -2.14. The van der Waals surface area contributed by atoms with Crippen LogP contribution in [0.15, 0.2) is 71.3 Å². The number of anilines is 2. The summed E-state index contributed by atoms with van der Waals surface area (Å²) in [6.45, 7) is 11.3. The van der Waals surface area contributed by atoms with E-state index >= 15 is 0 Å². The summed E-state index contributed by atoms with van der Waals surface area (Å²) in [4.78, 5) is 29.1. The Morgan fingerprint density at radius 1 is 1.20 bits per heavy atom. The van der Waals surface area contributed by atoms with Gasteiger partial charge in [0, 0.05) is 12.1 Å². The molecule has 9 nitrogen and oxygen atoms in total. The highest BCUT2D eigenvalue weighted by atomic mass is 35.5. The topological polar surface area (TPSA) is 139 Å². The van der Waals surface area contributed by atoms with E-state index in [9.17, 15) is 4.79 Å². The maximum Gasteiger partial charge on any atom is 0.267 e. The van der Waals surface area contributed by atoms with Crippen LogP contribution in [0.4, 0.5) is 11.6 Å². The standard InChI is InChI=1S/C17H17ClN2O.C8H9N5O/c1-4-8-12(6-3)20-15(9-5-2)19-14-11-7-10-13(18)16(14)17(20)21;1-4-2-11-8(14-4)5-6(9)12-3-13-7(5)10/h4,6-8,10-11H,1,3,5,9H2,2H3;2-3H,1H3,(H4,9,10,12,13)/b12-8+;. The molecule has 0 saturated heterocycles. The third kappa shape index (κ3) is 5.47. The number of allylic oxidation sites excluding steroid dienone is 4. The Kier molecular flexibility index (Phi) is 8.17. The highest BCUT2D eigenvalue weighted by molar-refractivity contribution is 6.35. The molecule has 4 N–H and O–H groups in total. The molecule has 10 heteroatoms. The molecular weight excluding hydrogens is 466 g/mol. The zero-order chi connectivity index (χ0) is 25.5. The second-order valence-corrected chi connectivity index (χ2v) is 7.79. The van der Waals surface area contributed by atoms with Gasteiger partial charge in [-0.05, 0) is 37.6 Å². The first-order chi connectivity index (χ1) is 16.8. The number of fused-ring (bicyclic) bond motifs is 1. The van der Waals surface area contributed by atoms with Crippen LogP contribution in [0.1, 0.15) is 24.9 Å². The summed E-state index contributed by atoms with van der Waals surface area (Å²) in [5.74, 6) is 2.25. The molecule has 4 rings (SSSR count). The minimum absolute atomic E-state index is 0.179. The van der Waals surface area contributed by atoms with Gasteiger partial charge in [-0.1, -0.05) is 43.8 Å². The number of nitrogens with zero attached hydrogens (tertiary/aromatic N) is 5. The zero-order valence-corrected chi connectivity index (χ0v) is 20.3. The summed E-state index contributed by atoms with van der Waals surface area (Å²) in [5, 5.41) is 0.833. The maximum absolute atomic E-state index is 12.8. The van der Waals surface area contributed by atoms with Gasteiger partial charge in [-0.25, -0.2) is 19.9 Å². The van der Waals surface area contributed by atoms with Crippen LogP contribution in [0.5, 0.6) is 0 Å². The number of rotatable bonds is 6. The Morgan fingerprint density at radius 3 is 2.49 bits per heavy atom. The molecular formula is C25H26ClN7O2. The van der Waals surface area contributed by atoms with E-state index in [1.54, 1.807) is 54.1 Å². The van der Waals surface area contributed by atoms with E-state index < -0.39 is 0 Å². The van der Waals surface area contributed by atoms with Crippen molar-refractivity contribution < 1.29 is 4.42 Å². The predicted octanol–water partition coefficient (Wildman–Crippen LogP) is 4.82. The number of benzene rings is 1. The molecule has 3 aromatic heterocycles. The molecule has 0 saturated carbocycles. The third-order valence-electron chi connectivity index (χ3n) is 4.89. The molecule has 0 atom stereocenters. The van der Waals surface area contributed by atoms with Crippen LogP contribution in [0.25, 0.3) is 28.1 Å². The highest BCUT2D eigenvalue weighted by Crippen LogP contribution is 2.27. The Bertz CT molecular complexity index is 1450. The number of hydrogen-bond donors (Lipinski definition) is 2. The minimum atomic E-state index is -0.179. The van der Waals surface area contributed by atoms with Crippen LogP contribution in [0.2, 0.25) is 5.02 Å². The molecule has 0 aliphatic heterocycles. The minimum Gasteiger partial charge on any atom is -0.441 e. The molecule has 4 aromatic rings. The summed E-state index contributed by atoms with van der Waals surface area (Å²) >= 11 is 6.17. The molecule has 3 heterocycles. The number of hydrogen-bond acceptors (Lipinski definition) is 8. The van der Waals surface area contributed by atoms with Gasteiger partial charge in [0.1, 0.15) is 35.1 Å². The van der Waals surface area contributed by atoms with Crippen molar-refractivity contribution in [3.63, 3.8) is 0 Å². The van der Waals surface area contributed by atoms with Gasteiger partial charge in [0.05, 0.1) is 22.1 Å². The highest BCUT2D eigenvalue weighted by Gasteiger charge is 2.15. The first-order valence-corrected chi connectivity index (χ1v) is 11.1. The van der Waals surface area contributed by atoms with E-state index in [1.807, 2.05) is 6.92 Å². The smallest absolute Gasteiger partial charge is 0.267 e. The van der Waals surface area contributed by atoms with E-state index in [2.05, 4.69) is 33.1 Å². The van der Waals surface area contributed by atoms with Gasteiger partial charge in [0.15, 0.2) is 0 Å². The number of halogens is 1. The molecule has 0 radical (unpaired) electrons. The van der Waals surface area contributed by atoms with Crippen LogP contribution in [-0.4, -0.2) is 24.5 Å². The summed E-state index contributed by atoms with van der Waals surface area (Å²) in [6.07, 6.45) is 9.43. The molecule has 1 aromatic carbocycles. The van der Waals surface area contributed by atoms with Gasteiger partial charge >= 0.3 is 0 Å². The molecule has 0 spiro atoms. The fourth-order valence-electron chi connectivity index (χ4n) is 3.35. The van der Waals surface area contributed by atoms with E-state index in [1.165, 1.54) is 6.33 Å². The summed E-state index contributed by atoms with van der Waals surface area (Å²) < 4.78 is 6.84. The van der Waals surface area contributed by atoms with Gasteiger partial charge in [-0.15, -0.1) is 0 Å². The summed E-state index contributed by atoms with van der Waals surface area (Å²) in [6, 6.07) is 5.30. The van der Waals surface area contributed by atoms with E-state index in [0.29, 0.717) is 51.1 Å². The van der Waals surface area contributed by atoms with Gasteiger partial charge in [-0.3, -0.25) is 9.36 Å². The molecule has 0 fully saturated rings. The van der Waals surface area contributed by atoms with Gasteiger partial charge in [0.2, 0.25) is 5.89 Å². The average molecular weight is 492 g/mol. The lowest BCUT2D eigenvalue weighted by Crippen LogP contribution is -2.24. The van der Waals surface area contributed by atoms with Crippen molar-refractivity contribution in [1.82, 2.24) is 24.5 Å². The molecule has 0 aliphatic rings. The van der Waals surface area contributed by atoms with E-state index in [4.69, 9.17) is 27.5 Å². The fraction of sp³-hybridized carbons (Fsp3) is 0.160. The van der Waals surface area contributed by atoms with Crippen molar-refractivity contribution in [3.8, 4) is 11.5 Å². The summed E-state index contributed by atoms with van der Waals surface area (Å²) in [5.41, 5.74) is 12.8. The van der Waals surface area contributed by atoms with E-state index in [0.717, 1.165) is 6.42 Å². The molecule has 0 aliphatic carbocycles. The fourth-order valence-corrected chi connectivity index (χ4v) is 3.60. The van der Waals surface area contributed by atoms with Crippen LogP contribution >= 0.6 is 11.6 Å². The molecule has 0 bridgehead atoms. The zero-order valence-electron chi connectivity index (χ0n) is 19.5. The second kappa shape index (κ2) is 11.3. The quantitative estimate of drug-likeness (QED) is 0.366. The van der Waals surface area contributed by atoms with Crippen LogP contribution in [0.3, 0.4) is 0 Å². The van der Waals surface area contributed by atoms with Crippen molar-refractivity contribution in [1.29, 1.82) is 0 Å². The van der Waals surface area contributed by atoms with E-state index in [-0.39, 0.29) is 17.2 Å². The lowest BCUT2D eigenvalue weighted by atomic mass is 10.2. The second-order valence-electron chi connectivity index (χ2n) is 7.38. The third-order valence-corrected chi connectivity index (χ3v) is 5.20. The van der Waals surface area contributed by atoms with Crippen molar-refractivity contribution in [2.75, 3.05) is 11.5 Å². The molecule has 0 unspecified atom stereocenters. The number of aryl methyl sites for hydroxylation is 2. The Balaban J connectivity index is 0.000000211. The monoisotopic (exact) mass is 491 g/mol. The van der Waals surface area contributed by atoms with Crippen LogP contribution in [0, 0.1) is 6.92 Å². The Hall–Kier alpha value is -4.24. The number of nitrogens with two attached hydrogens (primary N) is 2. The van der Waals surface area contributed by atoms with Crippen molar-refractivity contribution in [2.24, 2.45) is 0 Å².